The molecule has 0 radical (unpaired) electrons. The summed E-state index contributed by atoms with van der Waals surface area (Å²) in [5.74, 6) is 0. The number of imidazole rings is 1. The first-order valence-electron chi connectivity index (χ1n) is 9.16. The number of piperidine rings is 1. The van der Waals surface area contributed by atoms with Gasteiger partial charge >= 0.3 is 5.69 Å². The van der Waals surface area contributed by atoms with Crippen LogP contribution in [0.25, 0.3) is 11.0 Å². The summed E-state index contributed by atoms with van der Waals surface area (Å²) in [6, 6.07) is 14.9. The molecule has 0 unspecified atom stereocenters. The van der Waals surface area contributed by atoms with E-state index in [0.717, 1.165) is 42.5 Å². The van der Waals surface area contributed by atoms with Crippen molar-refractivity contribution in [3.05, 3.63) is 74.7 Å². The van der Waals surface area contributed by atoms with Gasteiger partial charge in [0.05, 0.1) is 16.0 Å². The highest BCUT2D eigenvalue weighted by Gasteiger charge is 2.24. The van der Waals surface area contributed by atoms with Gasteiger partial charge in [0.2, 0.25) is 0 Å². The number of nitrogens with zero attached hydrogens (tertiary/aromatic N) is 4. The maximum atomic E-state index is 12.7. The van der Waals surface area contributed by atoms with Crippen molar-refractivity contribution in [2.75, 3.05) is 13.1 Å². The van der Waals surface area contributed by atoms with Crippen LogP contribution in [0, 0.1) is 10.1 Å². The van der Waals surface area contributed by atoms with Crippen molar-refractivity contribution in [3.8, 4) is 0 Å². The molecule has 0 amide bonds. The fourth-order valence-electron chi connectivity index (χ4n) is 4.03. The van der Waals surface area contributed by atoms with Crippen LogP contribution < -0.4 is 5.69 Å². The first kappa shape index (κ1) is 17.5. The lowest BCUT2D eigenvalue weighted by atomic mass is 10.0. The van der Waals surface area contributed by atoms with E-state index in [1.54, 1.807) is 16.7 Å². The standard InChI is InChI=1S/C20H22N4O3/c1-21-18-7-2-3-8-19(18)23(20(21)25)16-9-11-22(12-10-16)14-15-5-4-6-17(13-15)24(26)27/h2-8,13,16H,9-12,14H2,1H3. The van der Waals surface area contributed by atoms with E-state index in [-0.39, 0.29) is 22.3 Å². The minimum atomic E-state index is -0.358. The van der Waals surface area contributed by atoms with Crippen molar-refractivity contribution < 1.29 is 4.92 Å². The average Bonchev–Trinajstić information content (AvgIpc) is 2.94. The average molecular weight is 366 g/mol. The summed E-state index contributed by atoms with van der Waals surface area (Å²) in [6.07, 6.45) is 1.78. The molecule has 1 saturated heterocycles. The number of aryl methyl sites for hydroxylation is 1. The molecule has 0 saturated carbocycles. The highest BCUT2D eigenvalue weighted by molar-refractivity contribution is 5.76. The number of para-hydroxylation sites is 2. The van der Waals surface area contributed by atoms with E-state index in [1.807, 2.05) is 41.9 Å². The van der Waals surface area contributed by atoms with E-state index < -0.39 is 0 Å². The summed E-state index contributed by atoms with van der Waals surface area (Å²) < 4.78 is 3.64. The number of benzene rings is 2. The summed E-state index contributed by atoms with van der Waals surface area (Å²) in [4.78, 5) is 25.6. The topological polar surface area (TPSA) is 73.3 Å². The molecule has 0 bridgehead atoms. The monoisotopic (exact) mass is 366 g/mol. The third kappa shape index (κ3) is 3.26. The number of nitro groups is 1. The number of non-ortho nitro benzene ring substituents is 1. The molecule has 140 valence electrons. The van der Waals surface area contributed by atoms with Crippen molar-refractivity contribution in [3.63, 3.8) is 0 Å². The van der Waals surface area contributed by atoms with Crippen molar-refractivity contribution in [2.24, 2.45) is 7.05 Å². The predicted molar refractivity (Wildman–Crippen MR) is 104 cm³/mol. The van der Waals surface area contributed by atoms with E-state index >= 15 is 0 Å². The van der Waals surface area contributed by atoms with Gasteiger partial charge in [-0.1, -0.05) is 24.3 Å². The molecule has 3 aromatic rings. The zero-order chi connectivity index (χ0) is 19.0. The Morgan fingerprint density at radius 3 is 2.48 bits per heavy atom. The molecule has 0 spiro atoms. The minimum absolute atomic E-state index is 0.0355. The summed E-state index contributed by atoms with van der Waals surface area (Å²) in [7, 11) is 1.82. The van der Waals surface area contributed by atoms with Crippen molar-refractivity contribution >= 4 is 16.7 Å². The molecule has 7 heteroatoms. The molecule has 4 rings (SSSR count). The molecule has 2 aromatic carbocycles. The van der Waals surface area contributed by atoms with Gasteiger partial charge in [0.1, 0.15) is 0 Å². The van der Waals surface area contributed by atoms with Crippen LogP contribution in [0.15, 0.2) is 53.3 Å². The molecule has 2 heterocycles. The van der Waals surface area contributed by atoms with Crippen LogP contribution in [0.5, 0.6) is 0 Å². The molecule has 0 N–H and O–H groups in total. The second kappa shape index (κ2) is 7.00. The Morgan fingerprint density at radius 2 is 1.78 bits per heavy atom. The SMILES string of the molecule is Cn1c(=O)n(C2CCN(Cc3cccc([N+](=O)[O-])c3)CC2)c2ccccc21. The Labute approximate surface area is 156 Å². The van der Waals surface area contributed by atoms with Crippen molar-refractivity contribution in [1.82, 2.24) is 14.0 Å². The third-order valence-electron chi connectivity index (χ3n) is 5.45. The van der Waals surface area contributed by atoms with Crippen LogP contribution in [0.1, 0.15) is 24.4 Å². The molecule has 1 aliphatic heterocycles. The second-order valence-electron chi connectivity index (χ2n) is 7.13. The lowest BCUT2D eigenvalue weighted by Gasteiger charge is -2.32. The van der Waals surface area contributed by atoms with Crippen molar-refractivity contribution in [1.29, 1.82) is 0 Å². The Balaban J connectivity index is 1.49. The van der Waals surface area contributed by atoms with Crippen molar-refractivity contribution in [2.45, 2.75) is 25.4 Å². The fourth-order valence-corrected chi connectivity index (χ4v) is 4.03. The normalized spacial score (nSPS) is 16.0. The van der Waals surface area contributed by atoms with Gasteiger partial charge in [-0.15, -0.1) is 0 Å². The maximum Gasteiger partial charge on any atom is 0.329 e. The van der Waals surface area contributed by atoms with E-state index in [9.17, 15) is 14.9 Å². The molecule has 0 aliphatic carbocycles. The summed E-state index contributed by atoms with van der Waals surface area (Å²) in [5.41, 5.74) is 3.06. The lowest BCUT2D eigenvalue weighted by Crippen LogP contribution is -2.37. The van der Waals surface area contributed by atoms with Crippen LogP contribution in [0.4, 0.5) is 5.69 Å². The Bertz CT molecular complexity index is 1040. The molecule has 1 aliphatic rings. The van der Waals surface area contributed by atoms with Gasteiger partial charge < -0.3 is 0 Å². The zero-order valence-electron chi connectivity index (χ0n) is 15.2. The molecular weight excluding hydrogens is 344 g/mol. The van der Waals surface area contributed by atoms with E-state index in [2.05, 4.69) is 4.90 Å². The van der Waals surface area contributed by atoms with Gasteiger partial charge in [-0.05, 0) is 30.5 Å². The van der Waals surface area contributed by atoms with Crippen LogP contribution in [0.3, 0.4) is 0 Å². The largest absolute Gasteiger partial charge is 0.329 e. The number of hydrogen-bond donors (Lipinski definition) is 0. The highest BCUT2D eigenvalue weighted by Crippen LogP contribution is 2.26. The first-order valence-corrected chi connectivity index (χ1v) is 9.16. The van der Waals surface area contributed by atoms with Gasteiger partial charge in [0, 0.05) is 44.9 Å². The van der Waals surface area contributed by atoms with Gasteiger partial charge in [-0.2, -0.15) is 0 Å². The smallest absolute Gasteiger partial charge is 0.299 e. The predicted octanol–water partition coefficient (Wildman–Crippen LogP) is 3.09. The molecule has 1 aromatic heterocycles. The molecular formula is C20H22N4O3. The Morgan fingerprint density at radius 1 is 1.07 bits per heavy atom. The Kier molecular flexibility index (Phi) is 4.53. The highest BCUT2D eigenvalue weighted by atomic mass is 16.6. The van der Waals surface area contributed by atoms with Crippen LogP contribution in [0.2, 0.25) is 0 Å². The zero-order valence-corrected chi connectivity index (χ0v) is 15.2. The van der Waals surface area contributed by atoms with Gasteiger partial charge in [-0.25, -0.2) is 4.79 Å². The summed E-state index contributed by atoms with van der Waals surface area (Å²) in [6.45, 7) is 2.42. The number of rotatable bonds is 4. The van der Waals surface area contributed by atoms with Gasteiger partial charge in [-0.3, -0.25) is 24.1 Å². The number of aromatic nitrogens is 2. The number of hydrogen-bond acceptors (Lipinski definition) is 4. The summed E-state index contributed by atoms with van der Waals surface area (Å²) >= 11 is 0. The second-order valence-corrected chi connectivity index (χ2v) is 7.13. The van der Waals surface area contributed by atoms with Gasteiger partial charge in [0.15, 0.2) is 0 Å². The van der Waals surface area contributed by atoms with E-state index in [0.29, 0.717) is 6.54 Å². The number of likely N-dealkylation sites (tertiary alicyclic amines) is 1. The third-order valence-corrected chi connectivity index (χ3v) is 5.45. The number of fused-ring (bicyclic) bond motifs is 1. The van der Waals surface area contributed by atoms with E-state index in [4.69, 9.17) is 0 Å². The Hall–Kier alpha value is -2.93. The quantitative estimate of drug-likeness (QED) is 0.525. The van der Waals surface area contributed by atoms with Crippen LogP contribution in [-0.4, -0.2) is 32.0 Å². The minimum Gasteiger partial charge on any atom is -0.299 e. The van der Waals surface area contributed by atoms with Crippen LogP contribution >= 0.6 is 0 Å². The maximum absolute atomic E-state index is 12.7. The number of nitro benzene ring substituents is 1. The molecule has 27 heavy (non-hydrogen) atoms. The summed E-state index contributed by atoms with van der Waals surface area (Å²) in [5, 5.41) is 10.9. The first-order chi connectivity index (χ1) is 13.0. The van der Waals surface area contributed by atoms with Gasteiger partial charge in [0.25, 0.3) is 5.69 Å². The van der Waals surface area contributed by atoms with Crippen LogP contribution in [-0.2, 0) is 13.6 Å². The fraction of sp³-hybridized carbons (Fsp3) is 0.350. The lowest BCUT2D eigenvalue weighted by molar-refractivity contribution is -0.384. The molecule has 7 nitrogen and oxygen atoms in total. The van der Waals surface area contributed by atoms with E-state index in [1.165, 1.54) is 6.07 Å². The molecule has 1 fully saturated rings. The molecule has 0 atom stereocenters.